The Labute approximate surface area is 143 Å². The van der Waals surface area contributed by atoms with Crippen molar-refractivity contribution in [2.75, 3.05) is 14.2 Å². The van der Waals surface area contributed by atoms with Crippen molar-refractivity contribution in [3.8, 4) is 11.1 Å². The van der Waals surface area contributed by atoms with Gasteiger partial charge in [0.15, 0.2) is 5.92 Å². The lowest BCUT2D eigenvalue weighted by Gasteiger charge is -2.19. The zero-order valence-electron chi connectivity index (χ0n) is 13.0. The summed E-state index contributed by atoms with van der Waals surface area (Å²) < 4.78 is 13.2. The average Bonchev–Trinajstić information content (AvgIpc) is 2.57. The Hall–Kier alpha value is -2.44. The summed E-state index contributed by atoms with van der Waals surface area (Å²) in [6.07, 6.45) is 0. The van der Waals surface area contributed by atoms with E-state index in [1.54, 1.807) is 30.3 Å². The third kappa shape index (κ3) is 3.72. The van der Waals surface area contributed by atoms with Gasteiger partial charge in [-0.15, -0.1) is 0 Å². The summed E-state index contributed by atoms with van der Waals surface area (Å²) in [5, 5.41) is 0.922. The van der Waals surface area contributed by atoms with Gasteiger partial charge in [-0.3, -0.25) is 14.4 Å². The molecule has 0 fully saturated rings. The average molecular weight is 350 g/mol. The van der Waals surface area contributed by atoms with E-state index in [0.717, 1.165) is 10.6 Å². The molecule has 5 nitrogen and oxygen atoms in total. The number of primary amides is 1. The van der Waals surface area contributed by atoms with Gasteiger partial charge in [-0.25, -0.2) is 9.45 Å². The van der Waals surface area contributed by atoms with Crippen LogP contribution in [-0.4, -0.2) is 31.0 Å². The summed E-state index contributed by atoms with van der Waals surface area (Å²) in [6, 6.07) is 10.9. The number of amides is 2. The molecule has 0 bridgehead atoms. The Kier molecular flexibility index (Phi) is 5.54. The molecule has 0 aliphatic rings. The van der Waals surface area contributed by atoms with Gasteiger partial charge in [0.05, 0.1) is 12.1 Å². The number of hydrogen-bond acceptors (Lipinski definition) is 3. The molecule has 1 radical (unpaired) electrons. The molecule has 0 heterocycles. The maximum absolute atomic E-state index is 13.2. The summed E-state index contributed by atoms with van der Waals surface area (Å²) in [4.78, 5) is 28.6. The van der Waals surface area contributed by atoms with Gasteiger partial charge < -0.3 is 5.73 Å². The molecule has 2 aromatic carbocycles. The Bertz CT molecular complexity index is 765. The third-order valence-electron chi connectivity index (χ3n) is 3.45. The van der Waals surface area contributed by atoms with Crippen LogP contribution in [-0.2, 0) is 14.4 Å². The molecule has 0 saturated heterocycles. The third-order valence-corrected chi connectivity index (χ3v) is 3.74. The van der Waals surface area contributed by atoms with E-state index in [-0.39, 0.29) is 10.9 Å². The van der Waals surface area contributed by atoms with Crippen LogP contribution in [0.2, 0.25) is 5.02 Å². The van der Waals surface area contributed by atoms with Crippen molar-refractivity contribution in [2.45, 2.75) is 0 Å². The number of carbonyl (C=O) groups is 2. The summed E-state index contributed by atoms with van der Waals surface area (Å²) >= 11 is 5.78. The van der Waals surface area contributed by atoms with Crippen LogP contribution in [0.4, 0.5) is 4.39 Å². The molecule has 0 aliphatic carbocycles. The van der Waals surface area contributed by atoms with E-state index in [9.17, 15) is 14.0 Å². The number of hydrogen-bond donors (Lipinski definition) is 1. The van der Waals surface area contributed by atoms with Crippen molar-refractivity contribution < 1.29 is 18.8 Å². The first-order chi connectivity index (χ1) is 11.3. The smallest absolute Gasteiger partial charge is 0.268 e. The lowest BCUT2D eigenvalue weighted by molar-refractivity contribution is -0.166. The van der Waals surface area contributed by atoms with E-state index < -0.39 is 17.6 Å². The fourth-order valence-electron chi connectivity index (χ4n) is 2.12. The zero-order valence-corrected chi connectivity index (χ0v) is 13.8. The molecule has 0 spiro atoms. The maximum Gasteiger partial charge on any atom is 0.268 e. The van der Waals surface area contributed by atoms with E-state index in [1.807, 2.05) is 0 Å². The number of rotatable bonds is 5. The normalized spacial score (nSPS) is 10.7. The molecule has 125 valence electrons. The second-order valence-corrected chi connectivity index (χ2v) is 5.34. The minimum Gasteiger partial charge on any atom is -0.368 e. The molecule has 24 heavy (non-hydrogen) atoms. The van der Waals surface area contributed by atoms with E-state index in [2.05, 4.69) is 0 Å². The molecule has 2 aromatic rings. The lowest BCUT2D eigenvalue weighted by Crippen LogP contribution is -2.38. The summed E-state index contributed by atoms with van der Waals surface area (Å²) in [7, 11) is 2.68. The molecule has 2 N–H and O–H groups in total. The van der Waals surface area contributed by atoms with Gasteiger partial charge in [0.1, 0.15) is 5.82 Å². The van der Waals surface area contributed by atoms with Crippen molar-refractivity contribution in [1.29, 1.82) is 0 Å². The van der Waals surface area contributed by atoms with Crippen molar-refractivity contribution in [3.63, 3.8) is 0 Å². The summed E-state index contributed by atoms with van der Waals surface area (Å²) in [5.74, 6) is -2.21. The Morgan fingerprint density at radius 1 is 1.12 bits per heavy atom. The Balaban J connectivity index is 2.34. The van der Waals surface area contributed by atoms with Crippen LogP contribution < -0.4 is 5.73 Å². The molecule has 0 unspecified atom stereocenters. The van der Waals surface area contributed by atoms with Crippen LogP contribution >= 0.6 is 11.6 Å². The lowest BCUT2D eigenvalue weighted by atomic mass is 9.95. The molecule has 0 aliphatic heterocycles. The number of carbonyl (C=O) groups excluding carboxylic acids is 2. The predicted molar refractivity (Wildman–Crippen MR) is 88.2 cm³/mol. The highest BCUT2D eigenvalue weighted by atomic mass is 35.5. The first kappa shape index (κ1) is 17.9. The largest absolute Gasteiger partial charge is 0.368 e. The predicted octanol–water partition coefficient (Wildman–Crippen LogP) is 2.57. The van der Waals surface area contributed by atoms with Gasteiger partial charge in [-0.2, -0.15) is 0 Å². The van der Waals surface area contributed by atoms with Crippen LogP contribution in [0, 0.1) is 11.7 Å². The van der Waals surface area contributed by atoms with Crippen LogP contribution in [0.25, 0.3) is 11.1 Å². The van der Waals surface area contributed by atoms with Crippen molar-refractivity contribution >= 4 is 23.4 Å². The van der Waals surface area contributed by atoms with Crippen molar-refractivity contribution in [2.24, 2.45) is 5.73 Å². The minimum atomic E-state index is -0.860. The molecular weight excluding hydrogens is 335 g/mol. The molecule has 0 saturated carbocycles. The topological polar surface area (TPSA) is 72.6 Å². The monoisotopic (exact) mass is 349 g/mol. The highest BCUT2D eigenvalue weighted by Crippen LogP contribution is 2.27. The summed E-state index contributed by atoms with van der Waals surface area (Å²) in [6.45, 7) is 0. The second-order valence-electron chi connectivity index (χ2n) is 4.93. The van der Waals surface area contributed by atoms with E-state index in [0.29, 0.717) is 11.1 Å². The van der Waals surface area contributed by atoms with Crippen molar-refractivity contribution in [1.82, 2.24) is 5.06 Å². The highest BCUT2D eigenvalue weighted by molar-refractivity contribution is 6.31. The zero-order chi connectivity index (χ0) is 17.9. The van der Waals surface area contributed by atoms with E-state index >= 15 is 0 Å². The number of nitrogens with zero attached hydrogens (tertiary/aromatic N) is 1. The van der Waals surface area contributed by atoms with Gasteiger partial charge in [0.25, 0.3) is 5.91 Å². The van der Waals surface area contributed by atoms with Gasteiger partial charge in [-0.05, 0) is 28.8 Å². The molecule has 2 amide bonds. The number of nitrogens with two attached hydrogens (primary N) is 1. The first-order valence-electron chi connectivity index (χ1n) is 6.90. The molecular formula is C17H15ClFN2O3. The number of likely N-dealkylation sites (N-methyl/N-ethyl adjacent to an activating group) is 1. The molecule has 0 aromatic heterocycles. The van der Waals surface area contributed by atoms with Crippen molar-refractivity contribution in [3.05, 3.63) is 64.8 Å². The molecule has 2 rings (SSSR count). The van der Waals surface area contributed by atoms with Gasteiger partial charge in [-0.1, -0.05) is 41.9 Å². The van der Waals surface area contributed by atoms with Crippen LogP contribution in [0.1, 0.15) is 5.56 Å². The second kappa shape index (κ2) is 7.42. The fraction of sp³-hybridized carbons (Fsp3) is 0.118. The number of hydroxylamine groups is 2. The van der Waals surface area contributed by atoms with E-state index in [4.69, 9.17) is 22.2 Å². The van der Waals surface area contributed by atoms with Crippen LogP contribution in [0.5, 0.6) is 0 Å². The minimum absolute atomic E-state index is 0.0119. The SMILES string of the molecule is CON(C)C(=O)[C](C(N)=O)c1ccc(-c2ccc(F)c(Cl)c2)cc1. The van der Waals surface area contributed by atoms with Gasteiger partial charge >= 0.3 is 0 Å². The molecule has 7 heteroatoms. The highest BCUT2D eigenvalue weighted by Gasteiger charge is 2.30. The summed E-state index contributed by atoms with van der Waals surface area (Å²) in [5.41, 5.74) is 7.11. The standard InChI is InChI=1S/C17H15ClFN2O3/c1-21(24-2)17(23)15(16(20)22)11-5-3-10(4-6-11)12-7-8-14(19)13(18)9-12/h3-9H,1-2H3,(H2,20,22). The van der Waals surface area contributed by atoms with Gasteiger partial charge in [0, 0.05) is 7.05 Å². The quantitative estimate of drug-likeness (QED) is 0.666. The number of halogens is 2. The molecule has 0 atom stereocenters. The van der Waals surface area contributed by atoms with E-state index in [1.165, 1.54) is 26.3 Å². The fourth-order valence-corrected chi connectivity index (χ4v) is 2.30. The Morgan fingerprint density at radius 2 is 1.71 bits per heavy atom. The van der Waals surface area contributed by atoms with Crippen LogP contribution in [0.15, 0.2) is 42.5 Å². The van der Waals surface area contributed by atoms with Crippen LogP contribution in [0.3, 0.4) is 0 Å². The maximum atomic E-state index is 13.2. The number of benzene rings is 2. The van der Waals surface area contributed by atoms with Gasteiger partial charge in [0.2, 0.25) is 5.91 Å². The first-order valence-corrected chi connectivity index (χ1v) is 7.27. The Morgan fingerprint density at radius 3 is 2.21 bits per heavy atom.